The second-order valence-corrected chi connectivity index (χ2v) is 5.54. The van der Waals surface area contributed by atoms with Crippen molar-refractivity contribution in [3.05, 3.63) is 0 Å². The van der Waals surface area contributed by atoms with Crippen LogP contribution in [0, 0.1) is 11.8 Å². The summed E-state index contributed by atoms with van der Waals surface area (Å²) in [5.74, 6) is 1.59. The molecule has 2 rings (SSSR count). The minimum Gasteiger partial charge on any atom is -0.338 e. The van der Waals surface area contributed by atoms with E-state index in [1.165, 1.54) is 12.8 Å². The fourth-order valence-corrected chi connectivity index (χ4v) is 2.76. The van der Waals surface area contributed by atoms with Crippen LogP contribution < -0.4 is 5.32 Å². The molecule has 2 fully saturated rings. The summed E-state index contributed by atoms with van der Waals surface area (Å²) in [6.07, 6.45) is 2.96. The van der Waals surface area contributed by atoms with Crippen LogP contribution in [0.4, 0.5) is 4.79 Å². The molecule has 1 aliphatic heterocycles. The van der Waals surface area contributed by atoms with Crippen molar-refractivity contribution in [3.63, 3.8) is 0 Å². The standard InChI is InChI=1S/C13H23N3O2/c1-3-12(17)15-4-5-16(9-15)13(18)14-8-11-6-10(2)7-11/h10-11H,3-9H2,1-2H3,(H,14,18). The third kappa shape index (κ3) is 2.94. The van der Waals surface area contributed by atoms with Crippen LogP contribution in [0.3, 0.4) is 0 Å². The fourth-order valence-electron chi connectivity index (χ4n) is 2.76. The minimum absolute atomic E-state index is 0.0269. The summed E-state index contributed by atoms with van der Waals surface area (Å²) in [4.78, 5) is 26.9. The Labute approximate surface area is 108 Å². The summed E-state index contributed by atoms with van der Waals surface area (Å²) in [6, 6.07) is -0.0269. The summed E-state index contributed by atoms with van der Waals surface area (Å²) in [5.41, 5.74) is 0. The Balaban J connectivity index is 1.69. The molecule has 18 heavy (non-hydrogen) atoms. The summed E-state index contributed by atoms with van der Waals surface area (Å²) in [6.45, 7) is 6.63. The molecule has 5 nitrogen and oxygen atoms in total. The average molecular weight is 253 g/mol. The molecule has 0 atom stereocenters. The van der Waals surface area contributed by atoms with Gasteiger partial charge in [0.25, 0.3) is 0 Å². The number of hydrogen-bond acceptors (Lipinski definition) is 2. The molecule has 1 saturated carbocycles. The van der Waals surface area contributed by atoms with E-state index in [1.807, 2.05) is 6.92 Å². The lowest BCUT2D eigenvalue weighted by molar-refractivity contribution is -0.130. The third-order valence-electron chi connectivity index (χ3n) is 3.94. The molecule has 0 aromatic carbocycles. The lowest BCUT2D eigenvalue weighted by atomic mass is 9.76. The zero-order valence-corrected chi connectivity index (χ0v) is 11.3. The topological polar surface area (TPSA) is 52.7 Å². The Morgan fingerprint density at radius 3 is 2.50 bits per heavy atom. The number of carbonyl (C=O) groups excluding carboxylic acids is 2. The van der Waals surface area contributed by atoms with Crippen LogP contribution in [0.2, 0.25) is 0 Å². The van der Waals surface area contributed by atoms with Gasteiger partial charge in [0.1, 0.15) is 0 Å². The van der Waals surface area contributed by atoms with Crippen LogP contribution in [-0.2, 0) is 4.79 Å². The summed E-state index contributed by atoms with van der Waals surface area (Å²) >= 11 is 0. The Kier molecular flexibility index (Phi) is 4.09. The molecule has 102 valence electrons. The van der Waals surface area contributed by atoms with Crippen LogP contribution in [0.15, 0.2) is 0 Å². The van der Waals surface area contributed by atoms with Crippen molar-refractivity contribution in [2.75, 3.05) is 26.3 Å². The monoisotopic (exact) mass is 253 g/mol. The predicted molar refractivity (Wildman–Crippen MR) is 68.9 cm³/mol. The Hall–Kier alpha value is -1.26. The first kappa shape index (κ1) is 13.2. The highest BCUT2D eigenvalue weighted by molar-refractivity contribution is 5.78. The van der Waals surface area contributed by atoms with Gasteiger partial charge in [0.2, 0.25) is 5.91 Å². The SMILES string of the molecule is CCC(=O)N1CCN(C(=O)NCC2CC(C)C2)C1. The number of nitrogens with zero attached hydrogens (tertiary/aromatic N) is 2. The number of nitrogens with one attached hydrogen (secondary N) is 1. The van der Waals surface area contributed by atoms with Gasteiger partial charge in [-0.05, 0) is 24.7 Å². The second-order valence-electron chi connectivity index (χ2n) is 5.54. The average Bonchev–Trinajstić information content (AvgIpc) is 2.81. The molecule has 0 aromatic heterocycles. The Morgan fingerprint density at radius 1 is 1.22 bits per heavy atom. The number of amides is 3. The van der Waals surface area contributed by atoms with Crippen LogP contribution in [0.25, 0.3) is 0 Å². The highest BCUT2D eigenvalue weighted by atomic mass is 16.2. The van der Waals surface area contributed by atoms with E-state index in [2.05, 4.69) is 12.2 Å². The van der Waals surface area contributed by atoms with Gasteiger partial charge >= 0.3 is 6.03 Å². The van der Waals surface area contributed by atoms with Crippen molar-refractivity contribution in [3.8, 4) is 0 Å². The summed E-state index contributed by atoms with van der Waals surface area (Å²) < 4.78 is 0. The van der Waals surface area contributed by atoms with Gasteiger partial charge in [0.15, 0.2) is 0 Å². The Morgan fingerprint density at radius 2 is 1.89 bits per heavy atom. The van der Waals surface area contributed by atoms with E-state index >= 15 is 0 Å². The van der Waals surface area contributed by atoms with Crippen LogP contribution in [0.1, 0.15) is 33.1 Å². The molecule has 0 unspecified atom stereocenters. The lowest BCUT2D eigenvalue weighted by Crippen LogP contribution is -2.43. The molecule has 0 bridgehead atoms. The van der Waals surface area contributed by atoms with E-state index in [1.54, 1.807) is 9.80 Å². The molecule has 0 radical (unpaired) electrons. The highest BCUT2D eigenvalue weighted by Crippen LogP contribution is 2.32. The first-order chi connectivity index (χ1) is 8.60. The van der Waals surface area contributed by atoms with E-state index in [0.717, 1.165) is 12.5 Å². The van der Waals surface area contributed by atoms with Gasteiger partial charge in [-0.3, -0.25) is 4.79 Å². The zero-order chi connectivity index (χ0) is 13.1. The third-order valence-corrected chi connectivity index (χ3v) is 3.94. The van der Waals surface area contributed by atoms with Gasteiger partial charge in [-0.15, -0.1) is 0 Å². The highest BCUT2D eigenvalue weighted by Gasteiger charge is 2.29. The molecular weight excluding hydrogens is 230 g/mol. The van der Waals surface area contributed by atoms with Gasteiger partial charge in [-0.1, -0.05) is 13.8 Å². The molecular formula is C13H23N3O2. The molecule has 5 heteroatoms. The number of carbonyl (C=O) groups is 2. The second kappa shape index (κ2) is 5.59. The number of urea groups is 1. The molecule has 3 amide bonds. The Bertz CT molecular complexity index is 326. The quantitative estimate of drug-likeness (QED) is 0.823. The predicted octanol–water partition coefficient (Wildman–Crippen LogP) is 1.25. The smallest absolute Gasteiger partial charge is 0.318 e. The molecule has 1 N–H and O–H groups in total. The maximum atomic E-state index is 11.9. The lowest BCUT2D eigenvalue weighted by Gasteiger charge is -2.33. The van der Waals surface area contributed by atoms with Crippen molar-refractivity contribution in [1.82, 2.24) is 15.1 Å². The van der Waals surface area contributed by atoms with Gasteiger partial charge in [-0.25, -0.2) is 4.79 Å². The summed E-state index contributed by atoms with van der Waals surface area (Å²) in [7, 11) is 0. The van der Waals surface area contributed by atoms with Crippen LogP contribution in [-0.4, -0.2) is 48.0 Å². The van der Waals surface area contributed by atoms with E-state index < -0.39 is 0 Å². The van der Waals surface area contributed by atoms with Crippen LogP contribution in [0.5, 0.6) is 0 Å². The number of hydrogen-bond donors (Lipinski definition) is 1. The van der Waals surface area contributed by atoms with Gasteiger partial charge < -0.3 is 15.1 Å². The molecule has 1 saturated heterocycles. The molecule has 0 spiro atoms. The minimum atomic E-state index is -0.0269. The fraction of sp³-hybridized carbons (Fsp3) is 0.846. The molecule has 1 aliphatic carbocycles. The van der Waals surface area contributed by atoms with Crippen molar-refractivity contribution in [1.29, 1.82) is 0 Å². The van der Waals surface area contributed by atoms with E-state index in [0.29, 0.717) is 32.1 Å². The first-order valence-corrected chi connectivity index (χ1v) is 6.90. The van der Waals surface area contributed by atoms with Gasteiger partial charge in [-0.2, -0.15) is 0 Å². The van der Waals surface area contributed by atoms with Crippen molar-refractivity contribution < 1.29 is 9.59 Å². The van der Waals surface area contributed by atoms with Crippen molar-refractivity contribution in [2.45, 2.75) is 33.1 Å². The summed E-state index contributed by atoms with van der Waals surface area (Å²) in [5, 5.41) is 2.97. The van der Waals surface area contributed by atoms with E-state index in [4.69, 9.17) is 0 Å². The maximum Gasteiger partial charge on any atom is 0.318 e. The molecule has 2 aliphatic rings. The van der Waals surface area contributed by atoms with E-state index in [-0.39, 0.29) is 11.9 Å². The molecule has 1 heterocycles. The normalized spacial score (nSPS) is 27.0. The van der Waals surface area contributed by atoms with E-state index in [9.17, 15) is 9.59 Å². The zero-order valence-electron chi connectivity index (χ0n) is 11.3. The van der Waals surface area contributed by atoms with Crippen molar-refractivity contribution >= 4 is 11.9 Å². The first-order valence-electron chi connectivity index (χ1n) is 6.90. The maximum absolute atomic E-state index is 11.9. The molecule has 0 aromatic rings. The van der Waals surface area contributed by atoms with Crippen molar-refractivity contribution in [2.24, 2.45) is 11.8 Å². The van der Waals surface area contributed by atoms with Gasteiger partial charge in [0.05, 0.1) is 6.67 Å². The largest absolute Gasteiger partial charge is 0.338 e. The number of rotatable bonds is 3. The van der Waals surface area contributed by atoms with Gasteiger partial charge in [0, 0.05) is 26.1 Å². The van der Waals surface area contributed by atoms with Crippen LogP contribution >= 0.6 is 0 Å².